The highest BCUT2D eigenvalue weighted by Gasteiger charge is 2.48. The summed E-state index contributed by atoms with van der Waals surface area (Å²) in [7, 11) is 1.93. The summed E-state index contributed by atoms with van der Waals surface area (Å²) in [6.07, 6.45) is 0. The first kappa shape index (κ1) is 24.0. The first-order valence-corrected chi connectivity index (χ1v) is 13.0. The Morgan fingerprint density at radius 2 is 1.79 bits per heavy atom. The van der Waals surface area contributed by atoms with Crippen LogP contribution in [0, 0.1) is 13.8 Å². The lowest BCUT2D eigenvalue weighted by molar-refractivity contribution is -0.132. The largest absolute Gasteiger partial charge is 0.508 e. The van der Waals surface area contributed by atoms with E-state index >= 15 is 0 Å². The Labute approximate surface area is 223 Å². The quantitative estimate of drug-likeness (QED) is 0.218. The van der Waals surface area contributed by atoms with Gasteiger partial charge in [-0.2, -0.15) is 0 Å². The maximum Gasteiger partial charge on any atom is 0.301 e. The molecule has 0 radical (unpaired) electrons. The molecule has 6 rings (SSSR count). The number of aliphatic hydroxyl groups excluding tert-OH is 1. The van der Waals surface area contributed by atoms with Gasteiger partial charge in [0.05, 0.1) is 34.1 Å². The number of hydrogen-bond acceptors (Lipinski definition) is 8. The van der Waals surface area contributed by atoms with E-state index in [0.717, 1.165) is 27.0 Å². The highest BCUT2D eigenvalue weighted by molar-refractivity contribution is 7.22. The number of hydrogen-bond donors (Lipinski definition) is 2. The summed E-state index contributed by atoms with van der Waals surface area (Å²) in [6.45, 7) is 5.25. The number of nitrogens with zero attached hydrogens (tertiary/aromatic N) is 3. The van der Waals surface area contributed by atoms with Crippen LogP contribution in [0.5, 0.6) is 11.5 Å². The fourth-order valence-electron chi connectivity index (χ4n) is 4.93. The number of anilines is 2. The van der Waals surface area contributed by atoms with Gasteiger partial charge in [0.25, 0.3) is 5.78 Å². The van der Waals surface area contributed by atoms with Crippen LogP contribution >= 0.6 is 11.3 Å². The number of aromatic hydroxyl groups is 1. The Kier molecular flexibility index (Phi) is 5.61. The normalized spacial score (nSPS) is 18.7. The Balaban J connectivity index is 1.54. The van der Waals surface area contributed by atoms with Crippen LogP contribution in [0.4, 0.5) is 10.8 Å². The summed E-state index contributed by atoms with van der Waals surface area (Å²) >= 11 is 1.32. The van der Waals surface area contributed by atoms with E-state index in [0.29, 0.717) is 35.2 Å². The van der Waals surface area contributed by atoms with Crippen LogP contribution in [-0.4, -0.2) is 47.1 Å². The van der Waals surface area contributed by atoms with Crippen LogP contribution in [0.3, 0.4) is 0 Å². The van der Waals surface area contributed by atoms with Crippen LogP contribution in [0.1, 0.15) is 28.3 Å². The smallest absolute Gasteiger partial charge is 0.301 e. The molecule has 2 aliphatic rings. The molecule has 3 aromatic carbocycles. The summed E-state index contributed by atoms with van der Waals surface area (Å²) in [5.41, 5.74) is 4.63. The van der Waals surface area contributed by atoms with Crippen molar-refractivity contribution in [1.29, 1.82) is 0 Å². The number of rotatable bonds is 3. The number of ketones is 1. The Morgan fingerprint density at radius 1 is 1.05 bits per heavy atom. The molecule has 1 saturated heterocycles. The van der Waals surface area contributed by atoms with Crippen molar-refractivity contribution in [2.24, 2.45) is 0 Å². The molecule has 1 aromatic heterocycles. The van der Waals surface area contributed by atoms with E-state index in [1.165, 1.54) is 28.4 Å². The van der Waals surface area contributed by atoms with Gasteiger partial charge in [-0.25, -0.2) is 4.98 Å². The molecule has 0 bridgehead atoms. The number of carbonyl (C=O) groups is 2. The molecule has 2 N–H and O–H groups in total. The molecule has 0 saturated carbocycles. The topological polar surface area (TPSA) is 103 Å². The fourth-order valence-corrected chi connectivity index (χ4v) is 6.00. The molecule has 4 aromatic rings. The fraction of sp³-hybridized carbons (Fsp3) is 0.207. The average Bonchev–Trinajstić information content (AvgIpc) is 3.41. The number of ether oxygens (including phenoxy) is 1. The number of amides is 1. The highest BCUT2D eigenvalue weighted by atomic mass is 32.1. The molecule has 1 atom stereocenters. The van der Waals surface area contributed by atoms with Gasteiger partial charge in [0.15, 0.2) is 5.13 Å². The van der Waals surface area contributed by atoms with E-state index in [1.54, 1.807) is 30.3 Å². The molecular weight excluding hydrogens is 502 g/mol. The Hall–Kier alpha value is -4.37. The predicted molar refractivity (Wildman–Crippen MR) is 147 cm³/mol. The number of carbonyl (C=O) groups excluding carboxylic acids is 2. The molecule has 0 aliphatic carbocycles. The lowest BCUT2D eigenvalue weighted by Crippen LogP contribution is -2.29. The van der Waals surface area contributed by atoms with Crippen molar-refractivity contribution in [2.45, 2.75) is 19.9 Å². The van der Waals surface area contributed by atoms with Crippen LogP contribution < -0.4 is 14.5 Å². The standard InChI is InChI=1S/C29H25N3O5S/c1-15-12-20-23(13-16(15)2)38-29(30-20)32-25(17-4-7-19(33)8-5-17)24(27(35)28(32)36)26(34)18-6-9-22-21(14-18)31(3)10-11-37-22/h4-9,12-14,25,33-34H,10-11H2,1-3H3/b26-24+. The third-order valence-electron chi connectivity index (χ3n) is 7.18. The molecule has 2 aliphatic heterocycles. The second-order valence-corrected chi connectivity index (χ2v) is 10.6. The zero-order valence-corrected chi connectivity index (χ0v) is 21.9. The minimum Gasteiger partial charge on any atom is -0.508 e. The van der Waals surface area contributed by atoms with E-state index in [4.69, 9.17) is 9.72 Å². The molecule has 192 valence electrons. The first-order chi connectivity index (χ1) is 18.2. The third-order valence-corrected chi connectivity index (χ3v) is 8.20. The average molecular weight is 528 g/mol. The van der Waals surface area contributed by atoms with Gasteiger partial charge in [0.1, 0.15) is 23.9 Å². The van der Waals surface area contributed by atoms with Crippen molar-refractivity contribution < 1.29 is 24.5 Å². The molecule has 8 nitrogen and oxygen atoms in total. The number of aliphatic hydroxyl groups is 1. The lowest BCUT2D eigenvalue weighted by atomic mass is 9.95. The number of thiazole rings is 1. The van der Waals surface area contributed by atoms with Crippen LogP contribution in [0.2, 0.25) is 0 Å². The molecule has 0 spiro atoms. The van der Waals surface area contributed by atoms with E-state index in [2.05, 4.69) is 0 Å². The van der Waals surface area contributed by atoms with Gasteiger partial charge in [-0.3, -0.25) is 14.5 Å². The lowest BCUT2D eigenvalue weighted by Gasteiger charge is -2.28. The van der Waals surface area contributed by atoms with Crippen molar-refractivity contribution in [2.75, 3.05) is 30.0 Å². The van der Waals surface area contributed by atoms with Gasteiger partial charge in [0.2, 0.25) is 0 Å². The molecule has 1 amide bonds. The zero-order valence-electron chi connectivity index (χ0n) is 21.1. The van der Waals surface area contributed by atoms with Gasteiger partial charge >= 0.3 is 5.91 Å². The maximum absolute atomic E-state index is 13.5. The van der Waals surface area contributed by atoms with E-state index in [9.17, 15) is 19.8 Å². The van der Waals surface area contributed by atoms with E-state index in [-0.39, 0.29) is 17.1 Å². The second kappa shape index (κ2) is 8.88. The number of aromatic nitrogens is 1. The molecule has 1 fully saturated rings. The zero-order chi connectivity index (χ0) is 26.7. The Bertz CT molecular complexity index is 1620. The maximum atomic E-state index is 13.5. The molecule has 1 unspecified atom stereocenters. The van der Waals surface area contributed by atoms with Crippen molar-refractivity contribution >= 4 is 49.8 Å². The molecular formula is C29H25N3O5S. The number of phenols is 1. The van der Waals surface area contributed by atoms with Crippen molar-refractivity contribution in [3.63, 3.8) is 0 Å². The number of fused-ring (bicyclic) bond motifs is 2. The number of likely N-dealkylation sites (N-methyl/N-ethyl adjacent to an activating group) is 1. The van der Waals surface area contributed by atoms with Gasteiger partial charge < -0.3 is 19.8 Å². The highest BCUT2D eigenvalue weighted by Crippen LogP contribution is 2.45. The summed E-state index contributed by atoms with van der Waals surface area (Å²) in [5, 5.41) is 21.8. The molecule has 3 heterocycles. The summed E-state index contributed by atoms with van der Waals surface area (Å²) in [5.74, 6) is -1.11. The van der Waals surface area contributed by atoms with Crippen molar-refractivity contribution in [1.82, 2.24) is 4.98 Å². The Morgan fingerprint density at radius 3 is 2.55 bits per heavy atom. The van der Waals surface area contributed by atoms with Crippen molar-refractivity contribution in [3.05, 3.63) is 82.4 Å². The van der Waals surface area contributed by atoms with Gasteiger partial charge in [0, 0.05) is 12.6 Å². The second-order valence-electron chi connectivity index (χ2n) is 9.61. The van der Waals surface area contributed by atoms with Crippen LogP contribution in [0.25, 0.3) is 16.0 Å². The van der Waals surface area contributed by atoms with Gasteiger partial charge in [-0.1, -0.05) is 23.5 Å². The SMILES string of the molecule is Cc1cc2nc(N3C(=O)C(=O)/C(=C(/O)c4ccc5c(c4)N(C)CCO5)C3c3ccc(O)cc3)sc2cc1C. The molecule has 38 heavy (non-hydrogen) atoms. The number of aryl methyl sites for hydroxylation is 2. The number of Topliss-reactive ketones (excluding diaryl/α,β-unsaturated/α-hetero) is 1. The third kappa shape index (κ3) is 3.78. The summed E-state index contributed by atoms with van der Waals surface area (Å²) < 4.78 is 6.61. The minimum atomic E-state index is -0.927. The monoisotopic (exact) mass is 527 g/mol. The van der Waals surface area contributed by atoms with Crippen molar-refractivity contribution in [3.8, 4) is 11.5 Å². The van der Waals surface area contributed by atoms with Crippen LogP contribution in [0.15, 0.2) is 60.2 Å². The summed E-state index contributed by atoms with van der Waals surface area (Å²) in [4.78, 5) is 35.1. The van der Waals surface area contributed by atoms with E-state index in [1.807, 2.05) is 37.9 Å². The van der Waals surface area contributed by atoms with E-state index < -0.39 is 17.7 Å². The van der Waals surface area contributed by atoms with Crippen LogP contribution in [-0.2, 0) is 9.59 Å². The number of benzene rings is 3. The van der Waals surface area contributed by atoms with Gasteiger partial charge in [-0.05, 0) is 73.0 Å². The summed E-state index contributed by atoms with van der Waals surface area (Å²) in [6, 6.07) is 14.5. The predicted octanol–water partition coefficient (Wildman–Crippen LogP) is 5.07. The minimum absolute atomic E-state index is 0.0355. The number of phenolic OH excluding ortho intramolecular Hbond substituents is 1. The molecule has 9 heteroatoms. The van der Waals surface area contributed by atoms with Gasteiger partial charge in [-0.15, -0.1) is 0 Å². The first-order valence-electron chi connectivity index (χ1n) is 12.2.